The van der Waals surface area contributed by atoms with Gasteiger partial charge in [-0.15, -0.1) is 0 Å². The van der Waals surface area contributed by atoms with Gasteiger partial charge in [0, 0.05) is 149 Å². The van der Waals surface area contributed by atoms with Crippen LogP contribution in [0.3, 0.4) is 0 Å². The number of rotatable bonds is 15. The first kappa shape index (κ1) is 87.5. The molecule has 150 heavy (non-hydrogen) atoms. The van der Waals surface area contributed by atoms with Crippen LogP contribution in [0, 0.1) is 0 Å². The second-order valence-electron chi connectivity index (χ2n) is 38.0. The molecule has 9 aromatic heterocycles. The molecule has 0 amide bonds. The lowest BCUT2D eigenvalue weighted by atomic mass is 10.0. The molecule has 9 heterocycles. The molecule has 21 aromatic carbocycles. The Bertz CT molecular complexity index is 9790. The number of benzene rings is 21. The van der Waals surface area contributed by atoms with E-state index in [2.05, 4.69) is 519 Å². The van der Waals surface area contributed by atoms with Gasteiger partial charge >= 0.3 is 0 Å². The lowest BCUT2D eigenvalue weighted by Crippen LogP contribution is -1.97. The monoisotopic (exact) mass is 1910 g/mol. The molecule has 0 aliphatic carbocycles. The van der Waals surface area contributed by atoms with Gasteiger partial charge in [-0.05, 0) is 206 Å². The smallest absolute Gasteiger partial charge is 0.160 e. The summed E-state index contributed by atoms with van der Waals surface area (Å²) in [5.74, 6) is 2.11. The van der Waals surface area contributed by atoms with E-state index in [1.54, 1.807) is 0 Å². The Hall–Kier alpha value is -20.3. The van der Waals surface area contributed by atoms with Gasteiger partial charge in [-0.25, -0.2) is 29.9 Å². The number of nitrogens with zero attached hydrogens (tertiary/aromatic N) is 12. The Morgan fingerprint density at radius 2 is 0.247 bits per heavy atom. The summed E-state index contributed by atoms with van der Waals surface area (Å²) in [7, 11) is 0. The number of para-hydroxylation sites is 12. The molecular formula is C138H90N12. The average molecular weight is 1920 g/mol. The fourth-order valence-corrected chi connectivity index (χ4v) is 22.3. The standard InChI is InChI=1S/C58H37N5.C46H30N4.C34H23N3/c1-4-16-41(17-5-1)61-52-25-13-10-22-44(52)47-34-38(28-31-55(47)61)50-37-51(39-29-32-56-48(35-39)45-23-11-14-26-53(45)62(56)42-18-6-2-7-19-42)60-58(59-50)40-30-33-57-49(36-40)46-24-12-15-27-54(46)63(57)43-20-8-3-9-21-43;1-4-14-31(15-5-1)46-47-40(32-24-26-44-38(28-32)36-20-10-12-22-42(36)49(44)34-16-6-2-7-17-34)30-41(48-46)33-25-27-45-39(29-33)37-21-11-13-23-43(37)50(45)35-18-8-3-9-19-35;1-4-12-24(13-5-1)30-23-31(36-34(35-30)25-14-6-2-7-15-25)26-20-21-33-29(22-26)28-18-10-11-19-32(28)37(33)27-16-8-3-9-17-27/h1-37H;1-30H;1-23H. The third kappa shape index (κ3) is 15.5. The number of aromatic nitrogens is 12. The maximum Gasteiger partial charge on any atom is 0.160 e. The van der Waals surface area contributed by atoms with E-state index in [9.17, 15) is 0 Å². The summed E-state index contributed by atoms with van der Waals surface area (Å²) in [5, 5.41) is 14.4. The number of hydrogen-bond donors (Lipinski definition) is 0. The fourth-order valence-electron chi connectivity index (χ4n) is 22.3. The van der Waals surface area contributed by atoms with Gasteiger partial charge in [0.1, 0.15) is 0 Å². The number of hydrogen-bond acceptors (Lipinski definition) is 6. The molecule has 12 nitrogen and oxygen atoms in total. The molecule has 0 saturated carbocycles. The van der Waals surface area contributed by atoms with Crippen LogP contribution in [0.15, 0.2) is 546 Å². The quantitative estimate of drug-likeness (QED) is 0.101. The van der Waals surface area contributed by atoms with Gasteiger partial charge in [0.25, 0.3) is 0 Å². The van der Waals surface area contributed by atoms with E-state index in [0.29, 0.717) is 11.6 Å². The minimum atomic E-state index is 0.680. The maximum absolute atomic E-state index is 5.43. The van der Waals surface area contributed by atoms with E-state index in [4.69, 9.17) is 29.9 Å². The molecule has 0 radical (unpaired) electrons. The maximum atomic E-state index is 5.43. The summed E-state index contributed by atoms with van der Waals surface area (Å²) in [4.78, 5) is 31.2. The molecule has 0 aliphatic rings. The van der Waals surface area contributed by atoms with Crippen molar-refractivity contribution in [3.8, 4) is 136 Å². The summed E-state index contributed by atoms with van der Waals surface area (Å²) in [5.41, 5.74) is 35.5. The van der Waals surface area contributed by atoms with Crippen LogP contribution in [-0.2, 0) is 0 Å². The molecule has 30 aromatic rings. The second kappa shape index (κ2) is 37.1. The molecular weight excluding hydrogens is 1830 g/mol. The summed E-state index contributed by atoms with van der Waals surface area (Å²) >= 11 is 0. The first-order chi connectivity index (χ1) is 74.4. The summed E-state index contributed by atoms with van der Waals surface area (Å²) in [6, 6.07) is 193. The average Bonchev–Trinajstić information content (AvgIpc) is 1.59. The van der Waals surface area contributed by atoms with Crippen molar-refractivity contribution < 1.29 is 0 Å². The van der Waals surface area contributed by atoms with E-state index >= 15 is 0 Å². The normalized spacial score (nSPS) is 11.6. The van der Waals surface area contributed by atoms with Crippen LogP contribution in [0.25, 0.3) is 267 Å². The van der Waals surface area contributed by atoms with Crippen LogP contribution in [-0.4, -0.2) is 57.3 Å². The highest BCUT2D eigenvalue weighted by atomic mass is 15.0. The van der Waals surface area contributed by atoms with Crippen LogP contribution in [0.2, 0.25) is 0 Å². The van der Waals surface area contributed by atoms with Crippen molar-refractivity contribution in [1.82, 2.24) is 57.3 Å². The zero-order chi connectivity index (χ0) is 99.1. The Labute approximate surface area is 863 Å². The molecule has 0 unspecified atom stereocenters. The van der Waals surface area contributed by atoms with Crippen LogP contribution in [0.4, 0.5) is 0 Å². The van der Waals surface area contributed by atoms with Crippen LogP contribution < -0.4 is 0 Å². The Morgan fingerprint density at radius 1 is 0.100 bits per heavy atom. The lowest BCUT2D eigenvalue weighted by molar-refractivity contribution is 1.17. The molecule has 30 rings (SSSR count). The Balaban J connectivity index is 0.000000112. The van der Waals surface area contributed by atoms with Gasteiger partial charge < -0.3 is 27.4 Å². The summed E-state index contributed by atoms with van der Waals surface area (Å²) in [6.07, 6.45) is 0. The highest BCUT2D eigenvalue weighted by Gasteiger charge is 2.25. The van der Waals surface area contributed by atoms with E-state index < -0.39 is 0 Å². The third-order valence-electron chi connectivity index (χ3n) is 29.2. The van der Waals surface area contributed by atoms with Gasteiger partial charge in [-0.1, -0.05) is 340 Å². The van der Waals surface area contributed by atoms with Crippen molar-refractivity contribution in [1.29, 1.82) is 0 Å². The van der Waals surface area contributed by atoms with Gasteiger partial charge in [0.05, 0.1) is 100 Å². The SMILES string of the molecule is c1ccc(-c2cc(-c3ccc4c(c3)c3ccccc3n4-c3ccccc3)nc(-c3ccccc3)n2)cc1.c1ccc(-c2nc(-c3ccc4c(c3)c3ccccc3n4-c3ccccc3)cc(-c3ccc4c(c3)c3ccccc3n4-c3ccccc3)n2)cc1.c1ccc(-n2c3ccccc3c3cc(-c4cc(-c5ccc6c(c5)c5ccccc5n6-c5ccccc5)nc(-c5ccc6c(c5)c5ccccc5n6-c5ccccc5)n4)ccc32)cc1. The first-order valence-corrected chi connectivity index (χ1v) is 50.8. The van der Waals surface area contributed by atoms with Gasteiger partial charge in [-0.3, -0.25) is 0 Å². The van der Waals surface area contributed by atoms with Gasteiger partial charge in [0.2, 0.25) is 0 Å². The van der Waals surface area contributed by atoms with E-state index in [1.165, 1.54) is 103 Å². The van der Waals surface area contributed by atoms with Crippen molar-refractivity contribution >= 4 is 131 Å². The van der Waals surface area contributed by atoms with Crippen molar-refractivity contribution in [2.75, 3.05) is 0 Å². The molecule has 0 saturated heterocycles. The van der Waals surface area contributed by atoms with Crippen molar-refractivity contribution in [2.24, 2.45) is 0 Å². The van der Waals surface area contributed by atoms with E-state index in [0.717, 1.165) is 152 Å². The zero-order valence-electron chi connectivity index (χ0n) is 81.3. The third-order valence-corrected chi connectivity index (χ3v) is 29.2. The molecule has 0 fully saturated rings. The molecule has 12 heteroatoms. The zero-order valence-corrected chi connectivity index (χ0v) is 81.3. The largest absolute Gasteiger partial charge is 0.309 e. The summed E-state index contributed by atoms with van der Waals surface area (Å²) < 4.78 is 14.1. The van der Waals surface area contributed by atoms with Crippen LogP contribution >= 0.6 is 0 Å². The lowest BCUT2D eigenvalue weighted by Gasteiger charge is -2.12. The van der Waals surface area contributed by atoms with Crippen molar-refractivity contribution in [3.63, 3.8) is 0 Å². The van der Waals surface area contributed by atoms with E-state index in [1.807, 2.05) is 54.6 Å². The van der Waals surface area contributed by atoms with Crippen molar-refractivity contribution in [2.45, 2.75) is 0 Å². The van der Waals surface area contributed by atoms with Gasteiger partial charge in [0.15, 0.2) is 17.5 Å². The molecule has 0 spiro atoms. The minimum Gasteiger partial charge on any atom is -0.309 e. The minimum absolute atomic E-state index is 0.680. The van der Waals surface area contributed by atoms with Crippen molar-refractivity contribution in [3.05, 3.63) is 546 Å². The molecule has 0 aliphatic heterocycles. The van der Waals surface area contributed by atoms with Gasteiger partial charge in [-0.2, -0.15) is 0 Å². The molecule has 0 atom stereocenters. The Kier molecular flexibility index (Phi) is 21.6. The Morgan fingerprint density at radius 3 is 0.453 bits per heavy atom. The molecule has 0 bridgehead atoms. The highest BCUT2D eigenvalue weighted by Crippen LogP contribution is 2.46. The summed E-state index contributed by atoms with van der Waals surface area (Å²) in [6.45, 7) is 0. The molecule has 0 N–H and O–H groups in total. The van der Waals surface area contributed by atoms with Crippen LogP contribution in [0.5, 0.6) is 0 Å². The molecule has 702 valence electrons. The predicted octanol–water partition coefficient (Wildman–Crippen LogP) is 35.0. The van der Waals surface area contributed by atoms with Crippen LogP contribution in [0.1, 0.15) is 0 Å². The first-order valence-electron chi connectivity index (χ1n) is 50.8. The predicted molar refractivity (Wildman–Crippen MR) is 621 cm³/mol. The van der Waals surface area contributed by atoms with E-state index in [-0.39, 0.29) is 0 Å². The topological polar surface area (TPSA) is 107 Å². The second-order valence-corrected chi connectivity index (χ2v) is 38.0. The number of fused-ring (bicyclic) bond motifs is 18. The highest BCUT2D eigenvalue weighted by molar-refractivity contribution is 6.16. The fraction of sp³-hybridized carbons (Fsp3) is 0.